The molecule has 0 saturated carbocycles. The van der Waals surface area contributed by atoms with Gasteiger partial charge in [-0.3, -0.25) is 4.79 Å². The van der Waals surface area contributed by atoms with Crippen molar-refractivity contribution in [2.75, 3.05) is 13.1 Å². The summed E-state index contributed by atoms with van der Waals surface area (Å²) in [7, 11) is -3.67. The van der Waals surface area contributed by atoms with Crippen LogP contribution in [0.2, 0.25) is 0 Å². The normalized spacial score (nSPS) is 25.9. The summed E-state index contributed by atoms with van der Waals surface area (Å²) in [6, 6.07) is 5.00. The second kappa shape index (κ2) is 5.64. The van der Waals surface area contributed by atoms with E-state index in [1.807, 2.05) is 6.92 Å². The smallest absolute Gasteiger partial charge is 0.307 e. The fourth-order valence-corrected chi connectivity index (χ4v) is 4.79. The third-order valence-corrected chi connectivity index (χ3v) is 6.13. The van der Waals surface area contributed by atoms with Crippen molar-refractivity contribution in [2.24, 2.45) is 11.8 Å². The molecule has 1 fully saturated rings. The van der Waals surface area contributed by atoms with Crippen molar-refractivity contribution >= 4 is 16.0 Å². The van der Waals surface area contributed by atoms with Crippen molar-refractivity contribution in [2.45, 2.75) is 31.5 Å². The van der Waals surface area contributed by atoms with Crippen molar-refractivity contribution in [3.05, 3.63) is 29.3 Å². The summed E-state index contributed by atoms with van der Waals surface area (Å²) in [6.07, 6.45) is 0.513. The van der Waals surface area contributed by atoms with Gasteiger partial charge in [-0.2, -0.15) is 4.31 Å². The van der Waals surface area contributed by atoms with Crippen LogP contribution in [-0.2, 0) is 32.8 Å². The first-order valence-corrected chi connectivity index (χ1v) is 8.74. The third-order valence-electron chi connectivity index (χ3n) is 4.31. The third kappa shape index (κ3) is 2.76. The number of carboxylic acids is 1. The quantitative estimate of drug-likeness (QED) is 0.909. The van der Waals surface area contributed by atoms with Crippen LogP contribution in [0, 0.1) is 11.8 Å². The SMILES string of the molecule is CC1CC(C(=O)O)CN(S(=O)(=O)c2ccc3c(c2)COC3)C1. The molecule has 1 N–H and O–H groups in total. The number of sulfonamides is 1. The monoisotopic (exact) mass is 325 g/mol. The molecule has 2 aliphatic heterocycles. The predicted molar refractivity (Wildman–Crippen MR) is 78.6 cm³/mol. The van der Waals surface area contributed by atoms with Crippen LogP contribution in [0.3, 0.4) is 0 Å². The maximum atomic E-state index is 12.8. The van der Waals surface area contributed by atoms with Crippen LogP contribution in [-0.4, -0.2) is 36.9 Å². The van der Waals surface area contributed by atoms with E-state index in [2.05, 4.69) is 0 Å². The maximum absolute atomic E-state index is 12.8. The van der Waals surface area contributed by atoms with E-state index in [9.17, 15) is 18.3 Å². The summed E-state index contributed by atoms with van der Waals surface area (Å²) in [6.45, 7) is 3.22. The molecule has 2 atom stereocenters. The highest BCUT2D eigenvalue weighted by molar-refractivity contribution is 7.89. The Bertz CT molecular complexity index is 700. The zero-order chi connectivity index (χ0) is 15.9. The Morgan fingerprint density at radius 3 is 2.73 bits per heavy atom. The van der Waals surface area contributed by atoms with Crippen LogP contribution >= 0.6 is 0 Å². The molecule has 6 nitrogen and oxygen atoms in total. The second-order valence-corrected chi connectivity index (χ2v) is 8.06. The number of aliphatic carboxylic acids is 1. The minimum absolute atomic E-state index is 0.0300. The zero-order valence-corrected chi connectivity index (χ0v) is 13.2. The van der Waals surface area contributed by atoms with E-state index >= 15 is 0 Å². The van der Waals surface area contributed by atoms with Crippen molar-refractivity contribution in [3.63, 3.8) is 0 Å². The lowest BCUT2D eigenvalue weighted by molar-refractivity contribution is -0.143. The molecule has 2 unspecified atom stereocenters. The molecule has 0 spiro atoms. The van der Waals surface area contributed by atoms with Crippen molar-refractivity contribution in [3.8, 4) is 0 Å². The van der Waals surface area contributed by atoms with E-state index in [1.54, 1.807) is 18.2 Å². The fourth-order valence-electron chi connectivity index (χ4n) is 3.14. The van der Waals surface area contributed by atoms with Crippen LogP contribution in [0.15, 0.2) is 23.1 Å². The summed E-state index contributed by atoms with van der Waals surface area (Å²) in [4.78, 5) is 11.4. The molecule has 2 aliphatic rings. The van der Waals surface area contributed by atoms with Gasteiger partial charge in [0.05, 0.1) is 24.0 Å². The maximum Gasteiger partial charge on any atom is 0.307 e. The topological polar surface area (TPSA) is 83.9 Å². The molecule has 1 aromatic carbocycles. The number of rotatable bonds is 3. The van der Waals surface area contributed by atoms with Crippen LogP contribution < -0.4 is 0 Å². The number of piperidine rings is 1. The molecular formula is C15H19NO5S. The van der Waals surface area contributed by atoms with Gasteiger partial charge in [0.1, 0.15) is 0 Å². The highest BCUT2D eigenvalue weighted by Gasteiger charge is 2.36. The molecule has 7 heteroatoms. The standard InChI is InChI=1S/C15H19NO5S/c1-10-4-12(15(17)18)7-16(6-10)22(19,20)14-3-2-11-8-21-9-13(11)5-14/h2-3,5,10,12H,4,6-9H2,1H3,(H,17,18). The van der Waals surface area contributed by atoms with Crippen LogP contribution in [0.25, 0.3) is 0 Å². The number of nitrogens with zero attached hydrogens (tertiary/aromatic N) is 1. The molecular weight excluding hydrogens is 306 g/mol. The van der Waals surface area contributed by atoms with Crippen LogP contribution in [0.4, 0.5) is 0 Å². The molecule has 0 aromatic heterocycles. The first-order valence-electron chi connectivity index (χ1n) is 7.30. The number of carboxylic acid groups (broad SMARTS) is 1. The van der Waals surface area contributed by atoms with Gasteiger partial charge in [0.15, 0.2) is 0 Å². The Hall–Kier alpha value is -1.44. The van der Waals surface area contributed by atoms with Gasteiger partial charge >= 0.3 is 5.97 Å². The van der Waals surface area contributed by atoms with Gasteiger partial charge in [0.25, 0.3) is 0 Å². The molecule has 120 valence electrons. The summed E-state index contributed by atoms with van der Waals surface area (Å²) >= 11 is 0. The minimum atomic E-state index is -3.67. The molecule has 3 rings (SSSR count). The summed E-state index contributed by atoms with van der Waals surface area (Å²) < 4.78 is 32.2. The van der Waals surface area contributed by atoms with Gasteiger partial charge < -0.3 is 9.84 Å². The average molecular weight is 325 g/mol. The molecule has 1 saturated heterocycles. The van der Waals surface area contributed by atoms with E-state index in [0.29, 0.717) is 26.2 Å². The van der Waals surface area contributed by atoms with Gasteiger partial charge in [-0.05, 0) is 35.6 Å². The molecule has 2 heterocycles. The van der Waals surface area contributed by atoms with E-state index in [1.165, 1.54) is 4.31 Å². The van der Waals surface area contributed by atoms with Gasteiger partial charge in [-0.1, -0.05) is 13.0 Å². The predicted octanol–water partition coefficient (Wildman–Crippen LogP) is 1.45. The number of hydrogen-bond donors (Lipinski definition) is 1. The lowest BCUT2D eigenvalue weighted by atomic mass is 9.92. The lowest BCUT2D eigenvalue weighted by Gasteiger charge is -2.33. The molecule has 0 radical (unpaired) electrons. The summed E-state index contributed by atoms with van der Waals surface area (Å²) in [5.41, 5.74) is 1.90. The molecule has 0 amide bonds. The second-order valence-electron chi connectivity index (χ2n) is 6.12. The Morgan fingerprint density at radius 1 is 1.27 bits per heavy atom. The number of benzene rings is 1. The van der Waals surface area contributed by atoms with Gasteiger partial charge in [0.2, 0.25) is 10.0 Å². The summed E-state index contributed by atoms with van der Waals surface area (Å²) in [5, 5.41) is 9.20. The number of carbonyl (C=O) groups is 1. The van der Waals surface area contributed by atoms with Crippen molar-refractivity contribution in [1.82, 2.24) is 4.31 Å². The van der Waals surface area contributed by atoms with Gasteiger partial charge in [0, 0.05) is 13.1 Å². The number of fused-ring (bicyclic) bond motifs is 1. The average Bonchev–Trinajstić information content (AvgIpc) is 2.93. The fraction of sp³-hybridized carbons (Fsp3) is 0.533. The number of hydrogen-bond acceptors (Lipinski definition) is 4. The van der Waals surface area contributed by atoms with E-state index in [0.717, 1.165) is 11.1 Å². The van der Waals surface area contributed by atoms with E-state index in [-0.39, 0.29) is 17.4 Å². The van der Waals surface area contributed by atoms with E-state index in [4.69, 9.17) is 4.74 Å². The Kier molecular flexibility index (Phi) is 3.96. The number of ether oxygens (including phenoxy) is 1. The van der Waals surface area contributed by atoms with Crippen molar-refractivity contribution < 1.29 is 23.1 Å². The minimum Gasteiger partial charge on any atom is -0.481 e. The van der Waals surface area contributed by atoms with Gasteiger partial charge in [-0.25, -0.2) is 8.42 Å². The Balaban J connectivity index is 1.90. The molecule has 22 heavy (non-hydrogen) atoms. The van der Waals surface area contributed by atoms with Crippen LogP contribution in [0.1, 0.15) is 24.5 Å². The Morgan fingerprint density at radius 2 is 2.00 bits per heavy atom. The largest absolute Gasteiger partial charge is 0.481 e. The highest BCUT2D eigenvalue weighted by atomic mass is 32.2. The van der Waals surface area contributed by atoms with Crippen LogP contribution in [0.5, 0.6) is 0 Å². The zero-order valence-electron chi connectivity index (χ0n) is 12.4. The lowest BCUT2D eigenvalue weighted by Crippen LogP contribution is -2.45. The molecule has 0 bridgehead atoms. The highest BCUT2D eigenvalue weighted by Crippen LogP contribution is 2.29. The molecule has 0 aliphatic carbocycles. The van der Waals surface area contributed by atoms with Crippen molar-refractivity contribution in [1.29, 1.82) is 0 Å². The molecule has 1 aromatic rings. The summed E-state index contributed by atoms with van der Waals surface area (Å²) in [5.74, 6) is -1.55. The first-order chi connectivity index (χ1) is 10.4. The van der Waals surface area contributed by atoms with Gasteiger partial charge in [-0.15, -0.1) is 0 Å². The van der Waals surface area contributed by atoms with E-state index < -0.39 is 21.9 Å². The Labute approximate surface area is 129 Å². The first kappa shape index (κ1) is 15.5.